The number of esters is 1. The van der Waals surface area contributed by atoms with Crippen LogP contribution in [0.2, 0.25) is 10.0 Å². The highest BCUT2D eigenvalue weighted by Crippen LogP contribution is 2.54. The Kier molecular flexibility index (Phi) is 17.0. The average molecular weight is 772 g/mol. The Labute approximate surface area is 306 Å². The van der Waals surface area contributed by atoms with Crippen LogP contribution in [0.5, 0.6) is 11.5 Å². The summed E-state index contributed by atoms with van der Waals surface area (Å²) in [7, 11) is -4.24. The molecule has 0 aromatic heterocycles. The summed E-state index contributed by atoms with van der Waals surface area (Å²) in [6.07, 6.45) is 2.04. The first-order valence-electron chi connectivity index (χ1n) is 15.4. The summed E-state index contributed by atoms with van der Waals surface area (Å²) in [5.74, 6) is -1.74. The van der Waals surface area contributed by atoms with Gasteiger partial charge in [0.15, 0.2) is 11.9 Å². The summed E-state index contributed by atoms with van der Waals surface area (Å²) in [6.45, 7) is 3.52. The number of carbonyl (C=O) groups is 3. The second kappa shape index (κ2) is 20.6. The first-order chi connectivity index (χ1) is 23.4. The van der Waals surface area contributed by atoms with E-state index in [4.69, 9.17) is 41.7 Å². The van der Waals surface area contributed by atoms with Crippen LogP contribution in [0.1, 0.15) is 32.3 Å². The van der Waals surface area contributed by atoms with E-state index in [0.717, 1.165) is 5.56 Å². The monoisotopic (exact) mass is 770 g/mol. The van der Waals surface area contributed by atoms with Crippen molar-refractivity contribution in [2.75, 3.05) is 24.0 Å². The Morgan fingerprint density at radius 1 is 0.776 bits per heavy atom. The standard InChI is InChI=1S/C34H41Cl2N2O8PS2/c1-23(2)32(47(42,45-27-14-10-25(35)11-15-27)46-28-16-12-26(36)13-17-28)38-31(39)30(19-21-49-4)44-33(40)29(18-20-48-3)37-34(41)43-22-24-8-6-5-7-9-24/h5-17,23,29-30,32H,18-22H2,1-4H3,(H,37,41)(H,38,39)/t29-,30-,32-/m0/s1. The van der Waals surface area contributed by atoms with E-state index in [0.29, 0.717) is 21.6 Å². The van der Waals surface area contributed by atoms with Crippen LogP contribution in [0.15, 0.2) is 78.9 Å². The highest BCUT2D eigenvalue weighted by atomic mass is 35.5. The lowest BCUT2D eigenvalue weighted by atomic mass is 10.2. The maximum absolute atomic E-state index is 14.7. The van der Waals surface area contributed by atoms with Crippen molar-refractivity contribution < 1.29 is 37.5 Å². The van der Waals surface area contributed by atoms with Gasteiger partial charge in [0.25, 0.3) is 5.91 Å². The molecular formula is C34H41Cl2N2O8PS2. The van der Waals surface area contributed by atoms with E-state index >= 15 is 0 Å². The normalized spacial score (nSPS) is 13.1. The van der Waals surface area contributed by atoms with E-state index in [1.165, 1.54) is 47.8 Å². The topological polar surface area (TPSA) is 129 Å². The molecular weight excluding hydrogens is 730 g/mol. The molecule has 0 aliphatic heterocycles. The van der Waals surface area contributed by atoms with Gasteiger partial charge in [-0.15, -0.1) is 0 Å². The van der Waals surface area contributed by atoms with E-state index in [1.54, 1.807) is 38.1 Å². The molecule has 2 amide bonds. The minimum Gasteiger partial charge on any atom is -0.451 e. The molecule has 0 unspecified atom stereocenters. The molecule has 0 aliphatic rings. The van der Waals surface area contributed by atoms with Crippen molar-refractivity contribution in [1.29, 1.82) is 0 Å². The third kappa shape index (κ3) is 13.7. The van der Waals surface area contributed by atoms with Gasteiger partial charge >= 0.3 is 19.7 Å². The van der Waals surface area contributed by atoms with Gasteiger partial charge in [0.05, 0.1) is 0 Å². The fraction of sp³-hybridized carbons (Fsp3) is 0.382. The molecule has 2 N–H and O–H groups in total. The molecule has 0 saturated carbocycles. The van der Waals surface area contributed by atoms with Crippen molar-refractivity contribution in [3.8, 4) is 11.5 Å². The molecule has 0 fully saturated rings. The van der Waals surface area contributed by atoms with E-state index in [-0.39, 0.29) is 30.9 Å². The van der Waals surface area contributed by atoms with Gasteiger partial charge in [0.1, 0.15) is 24.1 Å². The zero-order chi connectivity index (χ0) is 35.8. The molecule has 0 saturated heterocycles. The number of hydrogen-bond acceptors (Lipinski definition) is 10. The van der Waals surface area contributed by atoms with Gasteiger partial charge < -0.3 is 29.2 Å². The van der Waals surface area contributed by atoms with Crippen LogP contribution in [-0.4, -0.2) is 59.9 Å². The number of alkyl carbamates (subject to hydrolysis) is 1. The van der Waals surface area contributed by atoms with Crippen molar-refractivity contribution in [2.24, 2.45) is 5.92 Å². The lowest BCUT2D eigenvalue weighted by molar-refractivity contribution is -0.158. The van der Waals surface area contributed by atoms with Gasteiger partial charge in [-0.3, -0.25) is 4.79 Å². The summed E-state index contributed by atoms with van der Waals surface area (Å²) in [4.78, 5) is 40.0. The molecule has 0 spiro atoms. The first kappa shape index (κ1) is 40.4. The lowest BCUT2D eigenvalue weighted by Gasteiger charge is -2.31. The van der Waals surface area contributed by atoms with E-state index in [9.17, 15) is 18.9 Å². The molecule has 3 aromatic rings. The minimum absolute atomic E-state index is 0.0164. The maximum atomic E-state index is 14.7. The molecule has 0 radical (unpaired) electrons. The van der Waals surface area contributed by atoms with Crippen molar-refractivity contribution in [3.05, 3.63) is 94.5 Å². The van der Waals surface area contributed by atoms with Gasteiger partial charge in [-0.05, 0) is 90.5 Å². The zero-order valence-electron chi connectivity index (χ0n) is 27.6. The summed E-state index contributed by atoms with van der Waals surface area (Å²) in [5.41, 5.74) is 0.784. The Morgan fingerprint density at radius 3 is 1.82 bits per heavy atom. The molecule has 49 heavy (non-hydrogen) atoms. The number of thioether (sulfide) groups is 2. The number of hydrogen-bond donors (Lipinski definition) is 2. The Hall–Kier alpha value is -3.02. The predicted octanol–water partition coefficient (Wildman–Crippen LogP) is 8.46. The zero-order valence-corrected chi connectivity index (χ0v) is 31.7. The molecule has 3 rings (SSSR count). The second-order valence-corrected chi connectivity index (χ2v) is 15.9. The number of amides is 2. The van der Waals surface area contributed by atoms with Crippen LogP contribution in [0, 0.1) is 5.92 Å². The highest BCUT2D eigenvalue weighted by molar-refractivity contribution is 7.98. The fourth-order valence-corrected chi connectivity index (χ4v) is 7.63. The molecule has 0 heterocycles. The van der Waals surface area contributed by atoms with Crippen LogP contribution >= 0.6 is 54.3 Å². The van der Waals surface area contributed by atoms with Gasteiger partial charge in [-0.25, -0.2) is 14.2 Å². The minimum atomic E-state index is -4.24. The number of benzene rings is 3. The lowest BCUT2D eigenvalue weighted by Crippen LogP contribution is -2.49. The largest absolute Gasteiger partial charge is 0.453 e. The van der Waals surface area contributed by atoms with E-state index in [2.05, 4.69) is 10.6 Å². The van der Waals surface area contributed by atoms with Crippen LogP contribution in [0.25, 0.3) is 0 Å². The summed E-state index contributed by atoms with van der Waals surface area (Å²) < 4.78 is 37.7. The summed E-state index contributed by atoms with van der Waals surface area (Å²) in [6, 6.07) is 20.5. The smallest absolute Gasteiger partial charge is 0.451 e. The van der Waals surface area contributed by atoms with E-state index < -0.39 is 49.4 Å². The second-order valence-electron chi connectivity index (χ2n) is 11.1. The average Bonchev–Trinajstić information content (AvgIpc) is 3.08. The van der Waals surface area contributed by atoms with E-state index in [1.807, 2.05) is 42.8 Å². The predicted molar refractivity (Wildman–Crippen MR) is 198 cm³/mol. The summed E-state index contributed by atoms with van der Waals surface area (Å²) >= 11 is 15.0. The molecule has 15 heteroatoms. The fourth-order valence-electron chi connectivity index (χ4n) is 4.35. The Morgan fingerprint density at radius 2 is 1.31 bits per heavy atom. The maximum Gasteiger partial charge on any atom is 0.453 e. The van der Waals surface area contributed by atoms with Gasteiger partial charge in [-0.2, -0.15) is 23.5 Å². The molecule has 3 aromatic carbocycles. The van der Waals surface area contributed by atoms with Crippen LogP contribution in [0.4, 0.5) is 4.79 Å². The Bertz CT molecular complexity index is 1480. The number of halogens is 2. The van der Waals surface area contributed by atoms with Gasteiger partial charge in [-0.1, -0.05) is 67.4 Å². The molecule has 0 aliphatic carbocycles. The van der Waals surface area contributed by atoms with Crippen molar-refractivity contribution >= 4 is 72.3 Å². The third-order valence-electron chi connectivity index (χ3n) is 6.89. The van der Waals surface area contributed by atoms with Crippen molar-refractivity contribution in [1.82, 2.24) is 10.6 Å². The number of nitrogens with one attached hydrogen (secondary N) is 2. The molecule has 10 nitrogen and oxygen atoms in total. The van der Waals surface area contributed by atoms with Gasteiger partial charge in [0, 0.05) is 16.5 Å². The van der Waals surface area contributed by atoms with Crippen molar-refractivity contribution in [2.45, 2.75) is 51.2 Å². The Balaban J connectivity index is 1.82. The number of ether oxygens (including phenoxy) is 2. The highest BCUT2D eigenvalue weighted by Gasteiger charge is 2.44. The molecule has 3 atom stereocenters. The van der Waals surface area contributed by atoms with Crippen LogP contribution in [0.3, 0.4) is 0 Å². The number of carbonyl (C=O) groups excluding carboxylic acids is 3. The third-order valence-corrected chi connectivity index (χ3v) is 11.0. The SMILES string of the molecule is CSCC[C@H](NC(=O)OCc1ccccc1)C(=O)O[C@@H](CCSC)C(=O)N[C@H](C(C)C)P(=O)(Oc1ccc(Cl)cc1)Oc1ccc(Cl)cc1. The molecule has 0 bridgehead atoms. The van der Waals surface area contributed by atoms with Crippen molar-refractivity contribution in [3.63, 3.8) is 0 Å². The summed E-state index contributed by atoms with van der Waals surface area (Å²) in [5, 5.41) is 6.26. The van der Waals surface area contributed by atoms with Crippen LogP contribution < -0.4 is 19.7 Å². The van der Waals surface area contributed by atoms with Crippen LogP contribution in [-0.2, 0) is 30.2 Å². The first-order valence-corrected chi connectivity index (χ1v) is 20.6. The van der Waals surface area contributed by atoms with Gasteiger partial charge in [0.2, 0.25) is 0 Å². The quantitative estimate of drug-likeness (QED) is 0.0905. The number of rotatable bonds is 19. The molecule has 266 valence electrons.